The fraction of sp³-hybridized carbons (Fsp3) is 0.909. The first kappa shape index (κ1) is 13.4. The van der Waals surface area contributed by atoms with Gasteiger partial charge >= 0.3 is 0 Å². The number of nitrogens with zero attached hydrogens (tertiary/aromatic N) is 2. The molecule has 0 aliphatic heterocycles. The Morgan fingerprint density at radius 2 is 1.93 bits per heavy atom. The summed E-state index contributed by atoms with van der Waals surface area (Å²) in [5.41, 5.74) is -0.354. The lowest BCUT2D eigenvalue weighted by Crippen LogP contribution is -2.38. The van der Waals surface area contributed by atoms with Gasteiger partial charge in [0.25, 0.3) is 0 Å². The summed E-state index contributed by atoms with van der Waals surface area (Å²) in [5, 5.41) is 12.0. The normalized spacial score (nSPS) is 15.1. The summed E-state index contributed by atoms with van der Waals surface area (Å²) in [5.74, 6) is 0. The molecule has 0 fully saturated rings. The molecule has 0 aromatic rings. The Labute approximate surface area is 88.1 Å². The van der Waals surface area contributed by atoms with Crippen LogP contribution in [0.1, 0.15) is 33.6 Å². The summed E-state index contributed by atoms with van der Waals surface area (Å²) in [6.07, 6.45) is 1.99. The summed E-state index contributed by atoms with van der Waals surface area (Å²) in [4.78, 5) is 2.38. The highest BCUT2D eigenvalue weighted by Crippen LogP contribution is 2.10. The first-order chi connectivity index (χ1) is 6.61. The molecule has 0 radical (unpaired) electrons. The van der Waals surface area contributed by atoms with Gasteiger partial charge in [-0.2, -0.15) is 5.26 Å². The smallest absolute Gasteiger partial charge is 0.103 e. The van der Waals surface area contributed by atoms with Crippen LogP contribution in [0.2, 0.25) is 0 Å². The molecule has 0 aromatic heterocycles. The molecule has 3 heteroatoms. The average molecular weight is 197 g/mol. The van der Waals surface area contributed by atoms with Crippen LogP contribution in [0, 0.1) is 11.3 Å². The molecule has 0 saturated carbocycles. The van der Waals surface area contributed by atoms with Gasteiger partial charge in [0.05, 0.1) is 6.07 Å². The van der Waals surface area contributed by atoms with Crippen molar-refractivity contribution in [3.8, 4) is 6.07 Å². The second kappa shape index (κ2) is 6.80. The molecule has 0 saturated heterocycles. The predicted molar refractivity (Wildman–Crippen MR) is 60.1 cm³/mol. The van der Waals surface area contributed by atoms with Gasteiger partial charge in [0.15, 0.2) is 0 Å². The van der Waals surface area contributed by atoms with E-state index in [9.17, 15) is 0 Å². The summed E-state index contributed by atoms with van der Waals surface area (Å²) in [7, 11) is 1.85. The van der Waals surface area contributed by atoms with Crippen molar-refractivity contribution >= 4 is 0 Å². The van der Waals surface area contributed by atoms with Crippen LogP contribution in [0.15, 0.2) is 0 Å². The van der Waals surface area contributed by atoms with Crippen LogP contribution in [-0.4, -0.2) is 37.1 Å². The van der Waals surface area contributed by atoms with Crippen LogP contribution in [0.25, 0.3) is 0 Å². The van der Waals surface area contributed by atoms with Crippen LogP contribution in [0.3, 0.4) is 0 Å². The quantitative estimate of drug-likeness (QED) is 0.674. The van der Waals surface area contributed by atoms with Crippen molar-refractivity contribution in [2.24, 2.45) is 0 Å². The van der Waals surface area contributed by atoms with Gasteiger partial charge in [-0.3, -0.25) is 0 Å². The van der Waals surface area contributed by atoms with Crippen molar-refractivity contribution in [2.45, 2.75) is 39.2 Å². The standard InChI is InChI=1S/C11H23N3/c1-5-14(6-2)9-7-8-11(3,10-12)13-4/h13H,5-9H2,1-4H3. The third-order valence-corrected chi connectivity index (χ3v) is 2.84. The maximum atomic E-state index is 8.94. The number of nitrogens with one attached hydrogen (secondary N) is 1. The second-order valence-electron chi connectivity index (χ2n) is 3.82. The molecule has 0 rings (SSSR count). The van der Waals surface area contributed by atoms with Gasteiger partial charge in [-0.1, -0.05) is 13.8 Å². The first-order valence-electron chi connectivity index (χ1n) is 5.44. The van der Waals surface area contributed by atoms with Crippen molar-refractivity contribution in [2.75, 3.05) is 26.7 Å². The first-order valence-corrected chi connectivity index (χ1v) is 5.44. The van der Waals surface area contributed by atoms with E-state index in [2.05, 4.69) is 30.1 Å². The van der Waals surface area contributed by atoms with E-state index >= 15 is 0 Å². The Bertz CT molecular complexity index is 181. The van der Waals surface area contributed by atoms with Gasteiger partial charge in [0, 0.05) is 0 Å². The summed E-state index contributed by atoms with van der Waals surface area (Å²) in [6.45, 7) is 9.58. The molecule has 1 unspecified atom stereocenters. The molecular weight excluding hydrogens is 174 g/mol. The lowest BCUT2D eigenvalue weighted by Gasteiger charge is -2.23. The van der Waals surface area contributed by atoms with E-state index in [4.69, 9.17) is 5.26 Å². The Morgan fingerprint density at radius 3 is 2.29 bits per heavy atom. The molecule has 0 aliphatic carbocycles. The van der Waals surface area contributed by atoms with Gasteiger partial charge in [-0.05, 0) is 46.4 Å². The molecule has 0 aliphatic rings. The zero-order chi connectivity index (χ0) is 11.0. The molecular formula is C11H23N3. The van der Waals surface area contributed by atoms with Crippen LogP contribution in [-0.2, 0) is 0 Å². The van der Waals surface area contributed by atoms with E-state index in [1.165, 1.54) is 0 Å². The van der Waals surface area contributed by atoms with Crippen molar-refractivity contribution in [3.63, 3.8) is 0 Å². The molecule has 1 atom stereocenters. The molecule has 3 nitrogen and oxygen atoms in total. The monoisotopic (exact) mass is 197 g/mol. The van der Waals surface area contributed by atoms with Gasteiger partial charge in [-0.15, -0.1) is 0 Å². The van der Waals surface area contributed by atoms with E-state index in [-0.39, 0.29) is 5.54 Å². The molecule has 0 spiro atoms. The maximum Gasteiger partial charge on any atom is 0.103 e. The summed E-state index contributed by atoms with van der Waals surface area (Å²) < 4.78 is 0. The van der Waals surface area contributed by atoms with Crippen molar-refractivity contribution in [1.82, 2.24) is 10.2 Å². The van der Waals surface area contributed by atoms with E-state index in [1.807, 2.05) is 14.0 Å². The Kier molecular flexibility index (Phi) is 6.52. The third kappa shape index (κ3) is 4.59. The van der Waals surface area contributed by atoms with Crippen LogP contribution in [0.4, 0.5) is 0 Å². The third-order valence-electron chi connectivity index (χ3n) is 2.84. The van der Waals surface area contributed by atoms with Crippen molar-refractivity contribution in [1.29, 1.82) is 5.26 Å². The maximum absolute atomic E-state index is 8.94. The zero-order valence-electron chi connectivity index (χ0n) is 9.93. The summed E-state index contributed by atoms with van der Waals surface area (Å²) in [6, 6.07) is 2.31. The lowest BCUT2D eigenvalue weighted by atomic mass is 9.98. The van der Waals surface area contributed by atoms with Gasteiger partial charge in [-0.25, -0.2) is 0 Å². The fourth-order valence-corrected chi connectivity index (χ4v) is 1.43. The SMILES string of the molecule is CCN(CC)CCCC(C)(C#N)NC. The molecule has 14 heavy (non-hydrogen) atoms. The Balaban J connectivity index is 3.78. The number of hydrogen-bond acceptors (Lipinski definition) is 3. The minimum Gasteiger partial charge on any atom is -0.304 e. The van der Waals surface area contributed by atoms with E-state index in [0.717, 1.165) is 32.5 Å². The van der Waals surface area contributed by atoms with Crippen LogP contribution < -0.4 is 5.32 Å². The highest BCUT2D eigenvalue weighted by atomic mass is 15.1. The molecule has 0 aromatic carbocycles. The van der Waals surface area contributed by atoms with Crippen molar-refractivity contribution < 1.29 is 0 Å². The highest BCUT2D eigenvalue weighted by molar-refractivity contribution is 5.02. The van der Waals surface area contributed by atoms with Crippen molar-refractivity contribution in [3.05, 3.63) is 0 Å². The molecule has 0 amide bonds. The van der Waals surface area contributed by atoms with Crippen LogP contribution in [0.5, 0.6) is 0 Å². The predicted octanol–water partition coefficient (Wildman–Crippen LogP) is 1.61. The van der Waals surface area contributed by atoms with Gasteiger partial charge < -0.3 is 10.2 Å². The number of nitriles is 1. The average Bonchev–Trinajstić information content (AvgIpc) is 2.24. The van der Waals surface area contributed by atoms with E-state index < -0.39 is 0 Å². The molecule has 0 bridgehead atoms. The zero-order valence-corrected chi connectivity index (χ0v) is 9.93. The van der Waals surface area contributed by atoms with E-state index in [1.54, 1.807) is 0 Å². The number of hydrogen-bond donors (Lipinski definition) is 1. The fourth-order valence-electron chi connectivity index (χ4n) is 1.43. The molecule has 0 heterocycles. The number of rotatable bonds is 7. The summed E-state index contributed by atoms with van der Waals surface area (Å²) >= 11 is 0. The van der Waals surface area contributed by atoms with E-state index in [0.29, 0.717) is 0 Å². The molecule has 1 N–H and O–H groups in total. The minimum atomic E-state index is -0.354. The van der Waals surface area contributed by atoms with Crippen LogP contribution >= 0.6 is 0 Å². The van der Waals surface area contributed by atoms with Gasteiger partial charge in [0.1, 0.15) is 5.54 Å². The Morgan fingerprint density at radius 1 is 1.36 bits per heavy atom. The largest absolute Gasteiger partial charge is 0.304 e. The minimum absolute atomic E-state index is 0.354. The topological polar surface area (TPSA) is 39.1 Å². The second-order valence-corrected chi connectivity index (χ2v) is 3.82. The lowest BCUT2D eigenvalue weighted by molar-refractivity contribution is 0.284. The van der Waals surface area contributed by atoms with Gasteiger partial charge in [0.2, 0.25) is 0 Å². The molecule has 82 valence electrons. The highest BCUT2D eigenvalue weighted by Gasteiger charge is 2.20. The Hall–Kier alpha value is -0.590.